The van der Waals surface area contributed by atoms with E-state index in [4.69, 9.17) is 9.84 Å². The molecule has 2 N–H and O–H groups in total. The van der Waals surface area contributed by atoms with E-state index in [0.29, 0.717) is 6.42 Å². The first-order valence-corrected chi connectivity index (χ1v) is 8.18. The largest absolute Gasteiger partial charge is 0.494 e. The lowest BCUT2D eigenvalue weighted by Crippen LogP contribution is -2.00. The number of nitrogens with one attached hydrogen (secondary N) is 1. The molecule has 112 valence electrons. The maximum absolute atomic E-state index is 8.90. The lowest BCUT2D eigenvalue weighted by Gasteiger charge is -2.11. The van der Waals surface area contributed by atoms with Gasteiger partial charge in [0, 0.05) is 18.8 Å². The third-order valence-corrected chi connectivity index (χ3v) is 4.29. The minimum Gasteiger partial charge on any atom is -0.494 e. The van der Waals surface area contributed by atoms with Crippen LogP contribution in [0.3, 0.4) is 0 Å². The van der Waals surface area contributed by atoms with Crippen molar-refractivity contribution in [3.05, 3.63) is 56.5 Å². The first-order chi connectivity index (χ1) is 10.1. The van der Waals surface area contributed by atoms with E-state index in [1.165, 1.54) is 0 Å². The van der Waals surface area contributed by atoms with Crippen molar-refractivity contribution >= 4 is 37.5 Å². The van der Waals surface area contributed by atoms with E-state index in [1.54, 1.807) is 7.11 Å². The molecular weight excluding hydrogens is 398 g/mol. The molecule has 0 amide bonds. The van der Waals surface area contributed by atoms with Gasteiger partial charge in [0.15, 0.2) is 0 Å². The first-order valence-electron chi connectivity index (χ1n) is 6.59. The molecule has 2 rings (SSSR count). The summed E-state index contributed by atoms with van der Waals surface area (Å²) in [5.74, 6) is 0.798. The van der Waals surface area contributed by atoms with Crippen LogP contribution in [0, 0.1) is 0 Å². The summed E-state index contributed by atoms with van der Waals surface area (Å²) in [6, 6.07) is 12.2. The fourth-order valence-electron chi connectivity index (χ4n) is 2.03. The average Bonchev–Trinajstić information content (AvgIpc) is 2.47. The predicted octanol–water partition coefficient (Wildman–Crippen LogP) is 4.37. The monoisotopic (exact) mass is 413 g/mol. The molecule has 0 fully saturated rings. The Hall–Kier alpha value is -1.04. The van der Waals surface area contributed by atoms with Crippen LogP contribution in [0.5, 0.6) is 5.75 Å². The van der Waals surface area contributed by atoms with Gasteiger partial charge in [-0.1, -0.05) is 12.1 Å². The Kier molecular flexibility index (Phi) is 6.08. The van der Waals surface area contributed by atoms with Crippen LogP contribution in [0.4, 0.5) is 5.69 Å². The quantitative estimate of drug-likeness (QED) is 0.737. The lowest BCUT2D eigenvalue weighted by molar-refractivity contribution is 0.299. The standard InChI is InChI=1S/C16H17Br2NO2/c1-21-16-14(17)8-12(9-15(16)18)10-19-13-4-2-11(3-5-13)6-7-20/h2-5,8-9,19-20H,6-7,10H2,1H3. The second kappa shape index (κ2) is 7.82. The number of ether oxygens (including phenoxy) is 1. The summed E-state index contributed by atoms with van der Waals surface area (Å²) in [5, 5.41) is 12.3. The van der Waals surface area contributed by atoms with E-state index in [0.717, 1.165) is 38.1 Å². The number of benzene rings is 2. The summed E-state index contributed by atoms with van der Waals surface area (Å²) < 4.78 is 7.15. The second-order valence-corrected chi connectivity index (χ2v) is 6.33. The van der Waals surface area contributed by atoms with Crippen molar-refractivity contribution in [2.75, 3.05) is 19.0 Å². The van der Waals surface area contributed by atoms with Gasteiger partial charge in [-0.3, -0.25) is 0 Å². The van der Waals surface area contributed by atoms with Crippen molar-refractivity contribution in [3.63, 3.8) is 0 Å². The molecule has 5 heteroatoms. The Morgan fingerprint density at radius 3 is 2.19 bits per heavy atom. The zero-order valence-electron chi connectivity index (χ0n) is 11.7. The van der Waals surface area contributed by atoms with Gasteiger partial charge >= 0.3 is 0 Å². The number of halogens is 2. The van der Waals surface area contributed by atoms with Crippen LogP contribution >= 0.6 is 31.9 Å². The molecule has 0 spiro atoms. The van der Waals surface area contributed by atoms with Crippen molar-refractivity contribution in [1.82, 2.24) is 0 Å². The number of aliphatic hydroxyl groups is 1. The number of hydrogen-bond donors (Lipinski definition) is 2. The molecule has 21 heavy (non-hydrogen) atoms. The second-order valence-electron chi connectivity index (χ2n) is 4.62. The van der Waals surface area contributed by atoms with E-state index in [2.05, 4.69) is 37.2 Å². The third-order valence-electron chi connectivity index (χ3n) is 3.11. The molecule has 0 heterocycles. The average molecular weight is 415 g/mol. The van der Waals surface area contributed by atoms with Crippen molar-refractivity contribution in [2.45, 2.75) is 13.0 Å². The minimum atomic E-state index is 0.181. The predicted molar refractivity (Wildman–Crippen MR) is 93.0 cm³/mol. The van der Waals surface area contributed by atoms with Crippen LogP contribution in [0.15, 0.2) is 45.3 Å². The van der Waals surface area contributed by atoms with Crippen molar-refractivity contribution in [1.29, 1.82) is 0 Å². The fourth-order valence-corrected chi connectivity index (χ4v) is 3.64. The normalized spacial score (nSPS) is 10.5. The molecule has 0 saturated carbocycles. The van der Waals surface area contributed by atoms with Gasteiger partial charge in [0.2, 0.25) is 0 Å². The van der Waals surface area contributed by atoms with Gasteiger partial charge in [-0.15, -0.1) is 0 Å². The minimum absolute atomic E-state index is 0.181. The first kappa shape index (κ1) is 16.3. The SMILES string of the molecule is COc1c(Br)cc(CNc2ccc(CCO)cc2)cc1Br. The van der Waals surface area contributed by atoms with E-state index < -0.39 is 0 Å². The van der Waals surface area contributed by atoms with Crippen LogP contribution in [-0.2, 0) is 13.0 Å². The molecular formula is C16H17Br2NO2. The Labute approximate surface area is 141 Å². The van der Waals surface area contributed by atoms with Crippen molar-refractivity contribution in [2.24, 2.45) is 0 Å². The van der Waals surface area contributed by atoms with Gasteiger partial charge in [-0.05, 0) is 73.7 Å². The highest BCUT2D eigenvalue weighted by Crippen LogP contribution is 2.34. The van der Waals surface area contributed by atoms with Crippen LogP contribution in [0.1, 0.15) is 11.1 Å². The van der Waals surface area contributed by atoms with Gasteiger partial charge in [0.1, 0.15) is 5.75 Å². The third kappa shape index (κ3) is 4.46. The highest BCUT2D eigenvalue weighted by molar-refractivity contribution is 9.11. The molecule has 0 unspecified atom stereocenters. The highest BCUT2D eigenvalue weighted by Gasteiger charge is 2.07. The summed E-state index contributed by atoms with van der Waals surface area (Å²) in [6.45, 7) is 0.904. The van der Waals surface area contributed by atoms with E-state index in [1.807, 2.05) is 36.4 Å². The molecule has 0 aliphatic heterocycles. The lowest BCUT2D eigenvalue weighted by atomic mass is 10.1. The molecule has 0 saturated heterocycles. The summed E-state index contributed by atoms with van der Waals surface area (Å²) in [5.41, 5.74) is 3.34. The number of anilines is 1. The van der Waals surface area contributed by atoms with Crippen LogP contribution in [0.25, 0.3) is 0 Å². The van der Waals surface area contributed by atoms with Gasteiger partial charge < -0.3 is 15.2 Å². The number of rotatable bonds is 6. The van der Waals surface area contributed by atoms with Gasteiger partial charge in [-0.2, -0.15) is 0 Å². The van der Waals surface area contributed by atoms with Gasteiger partial charge in [0.25, 0.3) is 0 Å². The van der Waals surface area contributed by atoms with Crippen molar-refractivity contribution < 1.29 is 9.84 Å². The number of hydrogen-bond acceptors (Lipinski definition) is 3. The highest BCUT2D eigenvalue weighted by atomic mass is 79.9. The summed E-state index contributed by atoms with van der Waals surface area (Å²) in [6.07, 6.45) is 0.693. The van der Waals surface area contributed by atoms with Crippen LogP contribution in [-0.4, -0.2) is 18.8 Å². The van der Waals surface area contributed by atoms with E-state index >= 15 is 0 Å². The maximum Gasteiger partial charge on any atom is 0.147 e. The summed E-state index contributed by atoms with van der Waals surface area (Å²) >= 11 is 7.01. The Morgan fingerprint density at radius 1 is 1.05 bits per heavy atom. The number of methoxy groups -OCH3 is 1. The van der Waals surface area contributed by atoms with Crippen LogP contribution < -0.4 is 10.1 Å². The molecule has 2 aromatic rings. The fraction of sp³-hybridized carbons (Fsp3) is 0.250. The molecule has 0 aliphatic carbocycles. The number of aliphatic hydroxyl groups excluding tert-OH is 1. The smallest absolute Gasteiger partial charge is 0.147 e. The Morgan fingerprint density at radius 2 is 1.67 bits per heavy atom. The topological polar surface area (TPSA) is 41.5 Å². The van der Waals surface area contributed by atoms with E-state index in [9.17, 15) is 0 Å². The Balaban J connectivity index is 2.02. The molecule has 2 aromatic carbocycles. The maximum atomic E-state index is 8.90. The molecule has 0 radical (unpaired) electrons. The van der Waals surface area contributed by atoms with Gasteiger partial charge in [-0.25, -0.2) is 0 Å². The molecule has 0 bridgehead atoms. The molecule has 0 aromatic heterocycles. The molecule has 0 aliphatic rings. The van der Waals surface area contributed by atoms with Crippen LogP contribution in [0.2, 0.25) is 0 Å². The summed E-state index contributed by atoms with van der Waals surface area (Å²) in [4.78, 5) is 0. The zero-order valence-corrected chi connectivity index (χ0v) is 14.9. The summed E-state index contributed by atoms with van der Waals surface area (Å²) in [7, 11) is 1.65. The Bertz CT molecular complexity index is 577. The van der Waals surface area contributed by atoms with E-state index in [-0.39, 0.29) is 6.61 Å². The molecule has 3 nitrogen and oxygen atoms in total. The molecule has 0 atom stereocenters. The zero-order chi connectivity index (χ0) is 15.2. The van der Waals surface area contributed by atoms with Gasteiger partial charge in [0.05, 0.1) is 16.1 Å². The van der Waals surface area contributed by atoms with Crippen molar-refractivity contribution in [3.8, 4) is 5.75 Å².